The fourth-order valence-corrected chi connectivity index (χ4v) is 1.52. The van der Waals surface area contributed by atoms with E-state index in [-0.39, 0.29) is 0 Å². The molecule has 0 aromatic carbocycles. The summed E-state index contributed by atoms with van der Waals surface area (Å²) in [7, 11) is 1.71. The first-order valence-corrected chi connectivity index (χ1v) is 6.16. The molecule has 0 aliphatic rings. The second-order valence-electron chi connectivity index (χ2n) is 3.78. The van der Waals surface area contributed by atoms with E-state index in [4.69, 9.17) is 9.47 Å². The van der Waals surface area contributed by atoms with Gasteiger partial charge in [0.05, 0.1) is 13.2 Å². The molecule has 0 fully saturated rings. The Morgan fingerprint density at radius 3 is 3.00 bits per heavy atom. The number of imidazole rings is 1. The van der Waals surface area contributed by atoms with Crippen molar-refractivity contribution in [3.8, 4) is 0 Å². The molecule has 0 unspecified atom stereocenters. The van der Waals surface area contributed by atoms with E-state index in [1.807, 2.05) is 12.4 Å². The molecule has 1 rings (SSSR count). The molecule has 1 heterocycles. The van der Waals surface area contributed by atoms with Crippen molar-refractivity contribution in [2.24, 2.45) is 0 Å². The summed E-state index contributed by atoms with van der Waals surface area (Å²) >= 11 is 0. The van der Waals surface area contributed by atoms with Gasteiger partial charge in [-0.1, -0.05) is 6.92 Å². The van der Waals surface area contributed by atoms with E-state index in [0.717, 1.165) is 51.7 Å². The minimum absolute atomic E-state index is 0.721. The molecule has 17 heavy (non-hydrogen) atoms. The summed E-state index contributed by atoms with van der Waals surface area (Å²) in [4.78, 5) is 4.31. The van der Waals surface area contributed by atoms with E-state index in [1.165, 1.54) is 0 Å². The van der Waals surface area contributed by atoms with Crippen LogP contribution in [0.3, 0.4) is 0 Å². The van der Waals surface area contributed by atoms with Crippen LogP contribution in [-0.2, 0) is 22.6 Å². The number of methoxy groups -OCH3 is 1. The SMILES string of the molecule is CCNCc1nccn1CCOCCCOC. The van der Waals surface area contributed by atoms with Gasteiger partial charge in [-0.2, -0.15) is 0 Å². The molecule has 5 nitrogen and oxygen atoms in total. The summed E-state index contributed by atoms with van der Waals surface area (Å²) in [6.45, 7) is 6.95. The molecule has 0 saturated carbocycles. The summed E-state index contributed by atoms with van der Waals surface area (Å²) in [6.07, 6.45) is 4.77. The molecule has 1 N–H and O–H groups in total. The lowest BCUT2D eigenvalue weighted by Gasteiger charge is -2.08. The number of hydrogen-bond acceptors (Lipinski definition) is 4. The Labute approximate surface area is 103 Å². The molecule has 0 amide bonds. The van der Waals surface area contributed by atoms with Crippen LogP contribution >= 0.6 is 0 Å². The molecule has 98 valence electrons. The second kappa shape index (κ2) is 9.15. The zero-order valence-electron chi connectivity index (χ0n) is 10.8. The summed E-state index contributed by atoms with van der Waals surface area (Å²) in [5.41, 5.74) is 0. The molecule has 0 aliphatic carbocycles. The average Bonchev–Trinajstić information content (AvgIpc) is 2.78. The van der Waals surface area contributed by atoms with Gasteiger partial charge < -0.3 is 19.4 Å². The minimum atomic E-state index is 0.721. The highest BCUT2D eigenvalue weighted by atomic mass is 16.5. The fourth-order valence-electron chi connectivity index (χ4n) is 1.52. The lowest BCUT2D eigenvalue weighted by Crippen LogP contribution is -2.17. The van der Waals surface area contributed by atoms with Crippen molar-refractivity contribution < 1.29 is 9.47 Å². The van der Waals surface area contributed by atoms with E-state index in [2.05, 4.69) is 21.8 Å². The summed E-state index contributed by atoms with van der Waals surface area (Å²) in [5.74, 6) is 1.06. The monoisotopic (exact) mass is 241 g/mol. The zero-order chi connectivity index (χ0) is 12.3. The molecule has 1 aromatic heterocycles. The van der Waals surface area contributed by atoms with Crippen molar-refractivity contribution in [3.05, 3.63) is 18.2 Å². The van der Waals surface area contributed by atoms with Crippen LogP contribution in [0.5, 0.6) is 0 Å². The Kier molecular flexibility index (Phi) is 7.62. The molecule has 5 heteroatoms. The van der Waals surface area contributed by atoms with E-state index in [9.17, 15) is 0 Å². The molecular weight excluding hydrogens is 218 g/mol. The molecule has 1 aromatic rings. The Bertz CT molecular complexity index is 289. The van der Waals surface area contributed by atoms with E-state index < -0.39 is 0 Å². The Morgan fingerprint density at radius 1 is 1.35 bits per heavy atom. The van der Waals surface area contributed by atoms with Gasteiger partial charge in [0.2, 0.25) is 0 Å². The lowest BCUT2D eigenvalue weighted by atomic mass is 10.5. The number of aromatic nitrogens is 2. The largest absolute Gasteiger partial charge is 0.385 e. The summed E-state index contributed by atoms with van der Waals surface area (Å²) in [6, 6.07) is 0. The van der Waals surface area contributed by atoms with Gasteiger partial charge in [0.25, 0.3) is 0 Å². The number of nitrogens with zero attached hydrogens (tertiary/aromatic N) is 2. The van der Waals surface area contributed by atoms with Gasteiger partial charge in [-0.15, -0.1) is 0 Å². The molecule has 0 spiro atoms. The van der Waals surface area contributed by atoms with Crippen LogP contribution in [0.25, 0.3) is 0 Å². The first kappa shape index (κ1) is 14.2. The molecule has 0 aliphatic heterocycles. The molecular formula is C12H23N3O2. The van der Waals surface area contributed by atoms with Crippen molar-refractivity contribution in [1.82, 2.24) is 14.9 Å². The molecule has 0 saturated heterocycles. The highest BCUT2D eigenvalue weighted by Gasteiger charge is 2.01. The Balaban J connectivity index is 2.15. The molecule has 0 bridgehead atoms. The van der Waals surface area contributed by atoms with Crippen LogP contribution in [0.1, 0.15) is 19.2 Å². The minimum Gasteiger partial charge on any atom is -0.385 e. The number of nitrogens with one attached hydrogen (secondary N) is 1. The highest BCUT2D eigenvalue weighted by Crippen LogP contribution is 1.97. The number of hydrogen-bond donors (Lipinski definition) is 1. The van der Waals surface area contributed by atoms with E-state index >= 15 is 0 Å². The lowest BCUT2D eigenvalue weighted by molar-refractivity contribution is 0.0972. The standard InChI is InChI=1S/C12H23N3O2/c1-3-13-11-12-14-5-6-15(12)7-10-17-9-4-8-16-2/h5-6,13H,3-4,7-11H2,1-2H3. The third-order valence-electron chi connectivity index (χ3n) is 2.45. The van der Waals surface area contributed by atoms with Crippen LogP contribution in [-0.4, -0.2) is 43.0 Å². The van der Waals surface area contributed by atoms with Crippen LogP contribution in [0.2, 0.25) is 0 Å². The highest BCUT2D eigenvalue weighted by molar-refractivity contribution is 4.91. The third kappa shape index (κ3) is 5.81. The van der Waals surface area contributed by atoms with E-state index in [1.54, 1.807) is 7.11 Å². The van der Waals surface area contributed by atoms with Crippen LogP contribution < -0.4 is 5.32 Å². The quantitative estimate of drug-likeness (QED) is 0.622. The predicted molar refractivity (Wildman–Crippen MR) is 66.9 cm³/mol. The summed E-state index contributed by atoms with van der Waals surface area (Å²) in [5, 5.41) is 3.27. The normalized spacial score (nSPS) is 10.9. The van der Waals surface area contributed by atoms with Crippen molar-refractivity contribution in [2.75, 3.05) is 33.5 Å². The average molecular weight is 241 g/mol. The van der Waals surface area contributed by atoms with E-state index in [0.29, 0.717) is 0 Å². The van der Waals surface area contributed by atoms with Gasteiger partial charge in [-0.3, -0.25) is 0 Å². The van der Waals surface area contributed by atoms with Crippen molar-refractivity contribution >= 4 is 0 Å². The predicted octanol–water partition coefficient (Wildman–Crippen LogP) is 1.05. The first-order valence-electron chi connectivity index (χ1n) is 6.16. The van der Waals surface area contributed by atoms with Gasteiger partial charge in [-0.05, 0) is 13.0 Å². The molecule has 0 radical (unpaired) electrons. The smallest absolute Gasteiger partial charge is 0.122 e. The maximum absolute atomic E-state index is 5.52. The van der Waals surface area contributed by atoms with Crippen molar-refractivity contribution in [2.45, 2.75) is 26.4 Å². The second-order valence-corrected chi connectivity index (χ2v) is 3.78. The van der Waals surface area contributed by atoms with Crippen LogP contribution in [0.15, 0.2) is 12.4 Å². The van der Waals surface area contributed by atoms with Crippen molar-refractivity contribution in [1.29, 1.82) is 0 Å². The zero-order valence-corrected chi connectivity index (χ0v) is 10.8. The summed E-state index contributed by atoms with van der Waals surface area (Å²) < 4.78 is 12.6. The van der Waals surface area contributed by atoms with Gasteiger partial charge in [0.1, 0.15) is 5.82 Å². The Hall–Kier alpha value is -0.910. The van der Waals surface area contributed by atoms with Gasteiger partial charge >= 0.3 is 0 Å². The maximum Gasteiger partial charge on any atom is 0.122 e. The van der Waals surface area contributed by atoms with Gasteiger partial charge in [-0.25, -0.2) is 4.98 Å². The maximum atomic E-state index is 5.52. The first-order chi connectivity index (χ1) is 8.38. The van der Waals surface area contributed by atoms with Crippen LogP contribution in [0.4, 0.5) is 0 Å². The van der Waals surface area contributed by atoms with Crippen molar-refractivity contribution in [3.63, 3.8) is 0 Å². The topological polar surface area (TPSA) is 48.3 Å². The Morgan fingerprint density at radius 2 is 2.24 bits per heavy atom. The number of ether oxygens (including phenoxy) is 2. The molecule has 0 atom stereocenters. The fraction of sp³-hybridized carbons (Fsp3) is 0.750. The third-order valence-corrected chi connectivity index (χ3v) is 2.45. The van der Waals surface area contributed by atoms with Gasteiger partial charge in [0.15, 0.2) is 0 Å². The van der Waals surface area contributed by atoms with Crippen LogP contribution in [0, 0.1) is 0 Å². The number of rotatable bonds is 10. The van der Waals surface area contributed by atoms with Gasteiger partial charge in [0, 0.05) is 39.3 Å².